The first kappa shape index (κ1) is 52.5. The predicted octanol–water partition coefficient (Wildman–Crippen LogP) is 8.27. The van der Waals surface area contributed by atoms with E-state index in [1.807, 2.05) is 86.9 Å². The van der Waals surface area contributed by atoms with Crippen LogP contribution in [-0.2, 0) is 29.1 Å². The zero-order valence-corrected chi connectivity index (χ0v) is 44.9. The fraction of sp³-hybridized carbons (Fsp3) is 0.448. The number of nitriles is 1. The van der Waals surface area contributed by atoms with Crippen molar-refractivity contribution < 1.29 is 29.0 Å². The van der Waals surface area contributed by atoms with E-state index in [9.17, 15) is 29.5 Å². The maximum absolute atomic E-state index is 14.5. The number of β-amino-alcohol motifs (C(OH)–C–C–N with tert-alkyl or cyclic N) is 1. The highest BCUT2D eigenvalue weighted by atomic mass is 35.5. The largest absolute Gasteiger partial charge is 0.489 e. The molecule has 1 saturated carbocycles. The number of anilines is 1. The summed E-state index contributed by atoms with van der Waals surface area (Å²) in [5, 5.41) is 26.6. The van der Waals surface area contributed by atoms with Crippen molar-refractivity contribution in [3.05, 3.63) is 135 Å². The second-order valence-electron chi connectivity index (χ2n) is 22.0. The smallest absolute Gasteiger partial charge is 0.255 e. The number of aliphatic hydroxyl groups is 1. The second-order valence-corrected chi connectivity index (χ2v) is 23.2. The molecule has 0 radical (unpaired) electrons. The molecule has 4 heterocycles. The van der Waals surface area contributed by atoms with E-state index in [1.165, 1.54) is 10.5 Å². The minimum absolute atomic E-state index is 0.0274. The van der Waals surface area contributed by atoms with Gasteiger partial charge in [-0.2, -0.15) is 5.26 Å². The third-order valence-electron chi connectivity index (χ3n) is 15.8. The molecule has 4 amide bonds. The van der Waals surface area contributed by atoms with Crippen molar-refractivity contribution >= 4 is 52.3 Å². The lowest BCUT2D eigenvalue weighted by Crippen LogP contribution is -2.74. The van der Waals surface area contributed by atoms with Crippen LogP contribution in [0.1, 0.15) is 103 Å². The number of rotatable bonds is 16. The first-order chi connectivity index (χ1) is 35.3. The fourth-order valence-electron chi connectivity index (χ4n) is 12.0. The van der Waals surface area contributed by atoms with Gasteiger partial charge in [0, 0.05) is 92.0 Å². The molecule has 3 fully saturated rings. The number of carbonyl (C=O) groups is 4. The number of halogens is 1. The van der Waals surface area contributed by atoms with E-state index in [1.54, 1.807) is 34.4 Å². The van der Waals surface area contributed by atoms with Crippen molar-refractivity contribution in [1.82, 2.24) is 30.3 Å². The number of nitrogens with zero attached hydrogens (tertiary/aromatic N) is 6. The van der Waals surface area contributed by atoms with Crippen LogP contribution in [0.5, 0.6) is 5.75 Å². The van der Waals surface area contributed by atoms with Crippen LogP contribution < -0.4 is 20.3 Å². The van der Waals surface area contributed by atoms with Gasteiger partial charge in [0.15, 0.2) is 0 Å². The summed E-state index contributed by atoms with van der Waals surface area (Å²) in [6.07, 6.45) is 0.964. The molecule has 16 heteroatoms. The number of hydrogen-bond acceptors (Lipinski definition) is 11. The normalized spacial score (nSPS) is 21.5. The average Bonchev–Trinajstić information content (AvgIpc) is 4.12. The Balaban J connectivity index is 0.731. The molecule has 74 heavy (non-hydrogen) atoms. The summed E-state index contributed by atoms with van der Waals surface area (Å²) in [7, 11) is 0. The SMILES string of the molecule is Cc1ncsc1-c1ccc(CNC(=O)[C@@H]2C[C@@H](O)CN2C(=O)C(C(C)C)N2Cc3ccc(N4CCN(CCCc5ccc(C(=O)NC6C(C)(C)C(Oc7ccc(C#N)c(Cl)c7)C6(C)C)cc5)CC4)cc3C2=O)cc1. The summed E-state index contributed by atoms with van der Waals surface area (Å²) < 4.78 is 6.40. The van der Waals surface area contributed by atoms with E-state index in [0.29, 0.717) is 34.0 Å². The standard InChI is InChI=1S/C58H67ClN8O6S/c1-35(2)49(54(72)66-33-44(68)28-48(66)52(70)61-31-38-12-14-39(15-13-38)50-36(3)62-34-74-50)67-32-42-18-20-43(27-46(42)53(67)71)65-25-23-64(24-26-65)22-8-9-37-10-16-40(17-11-37)51(69)63-55-57(4,5)56(58(55,6)7)73-45-21-19-41(30-60)47(59)29-45/h10-21,27,29,34-35,44,48-49,55-56,68H,8-9,22-26,28,31-33H2,1-7H3,(H,61,70)(H,63,69)/t44-,48+,49?,55?,56?/m1/s1. The van der Waals surface area contributed by atoms with Gasteiger partial charge in [-0.1, -0.05) is 95.6 Å². The van der Waals surface area contributed by atoms with Gasteiger partial charge in [-0.05, 0) is 90.9 Å². The highest BCUT2D eigenvalue weighted by Crippen LogP contribution is 2.55. The molecule has 5 aromatic rings. The third-order valence-corrected chi connectivity index (χ3v) is 17.1. The molecule has 388 valence electrons. The number of ether oxygens (including phenoxy) is 1. The number of aliphatic hydroxyl groups excluding tert-OH is 1. The van der Waals surface area contributed by atoms with E-state index in [4.69, 9.17) is 16.3 Å². The lowest BCUT2D eigenvalue weighted by atomic mass is 9.49. The number of carbonyl (C=O) groups excluding carboxylic acids is 4. The van der Waals surface area contributed by atoms with Crippen LogP contribution in [0.25, 0.3) is 10.4 Å². The van der Waals surface area contributed by atoms with Crippen LogP contribution in [0.15, 0.2) is 90.4 Å². The summed E-state index contributed by atoms with van der Waals surface area (Å²) in [5.41, 5.74) is 8.69. The quantitative estimate of drug-likeness (QED) is 0.0874. The maximum Gasteiger partial charge on any atom is 0.255 e. The highest BCUT2D eigenvalue weighted by Gasteiger charge is 2.64. The highest BCUT2D eigenvalue weighted by molar-refractivity contribution is 7.13. The number of nitrogens with one attached hydrogen (secondary N) is 2. The van der Waals surface area contributed by atoms with Gasteiger partial charge in [0.25, 0.3) is 11.8 Å². The summed E-state index contributed by atoms with van der Waals surface area (Å²) >= 11 is 7.86. The molecule has 0 bridgehead atoms. The van der Waals surface area contributed by atoms with Crippen LogP contribution in [0.4, 0.5) is 5.69 Å². The fourth-order valence-corrected chi connectivity index (χ4v) is 13.0. The van der Waals surface area contributed by atoms with Gasteiger partial charge >= 0.3 is 0 Å². The minimum Gasteiger partial charge on any atom is -0.489 e. The molecule has 4 aromatic carbocycles. The molecule has 9 rings (SSSR count). The molecule has 3 atom stereocenters. The Bertz CT molecular complexity index is 2930. The minimum atomic E-state index is -0.852. The van der Waals surface area contributed by atoms with E-state index in [0.717, 1.165) is 78.5 Å². The number of piperazine rings is 1. The first-order valence-electron chi connectivity index (χ1n) is 25.8. The zero-order chi connectivity index (χ0) is 52.6. The van der Waals surface area contributed by atoms with Gasteiger partial charge in [-0.25, -0.2) is 4.98 Å². The number of benzene rings is 4. The molecule has 1 unspecified atom stereocenters. The van der Waals surface area contributed by atoms with Gasteiger partial charge in [-0.3, -0.25) is 24.1 Å². The van der Waals surface area contributed by atoms with E-state index >= 15 is 0 Å². The molecule has 4 aliphatic rings. The number of fused-ring (bicyclic) bond motifs is 1. The van der Waals surface area contributed by atoms with Gasteiger partial charge < -0.3 is 35.2 Å². The van der Waals surface area contributed by atoms with Gasteiger partial charge in [0.2, 0.25) is 11.8 Å². The molecule has 3 N–H and O–H groups in total. The Hall–Kier alpha value is -6.31. The van der Waals surface area contributed by atoms with Gasteiger partial charge in [0.1, 0.15) is 30.0 Å². The summed E-state index contributed by atoms with van der Waals surface area (Å²) in [5.74, 6) is -0.615. The van der Waals surface area contributed by atoms with Gasteiger partial charge in [-0.15, -0.1) is 11.3 Å². The summed E-state index contributed by atoms with van der Waals surface area (Å²) in [6.45, 7) is 19.1. The zero-order valence-electron chi connectivity index (χ0n) is 43.4. The molecular formula is C58H67ClN8O6S. The summed E-state index contributed by atoms with van der Waals surface area (Å²) in [4.78, 5) is 69.3. The van der Waals surface area contributed by atoms with E-state index in [2.05, 4.69) is 65.2 Å². The molecule has 0 spiro atoms. The van der Waals surface area contributed by atoms with Crippen molar-refractivity contribution in [3.8, 4) is 22.3 Å². The summed E-state index contributed by atoms with van der Waals surface area (Å²) in [6, 6.07) is 27.3. The van der Waals surface area contributed by atoms with Crippen molar-refractivity contribution in [1.29, 1.82) is 5.26 Å². The third kappa shape index (κ3) is 10.6. The molecular weight excluding hydrogens is 972 g/mol. The Morgan fingerprint density at radius 3 is 2.30 bits per heavy atom. The van der Waals surface area contributed by atoms with Crippen molar-refractivity contribution in [3.63, 3.8) is 0 Å². The van der Waals surface area contributed by atoms with Crippen molar-refractivity contribution in [2.45, 2.75) is 111 Å². The lowest BCUT2D eigenvalue weighted by molar-refractivity contribution is -0.164. The van der Waals surface area contributed by atoms with E-state index in [-0.39, 0.29) is 72.0 Å². The van der Waals surface area contributed by atoms with E-state index < -0.39 is 18.2 Å². The molecule has 3 aliphatic heterocycles. The van der Waals surface area contributed by atoms with Crippen molar-refractivity contribution in [2.24, 2.45) is 16.7 Å². The monoisotopic (exact) mass is 1040 g/mol. The van der Waals surface area contributed by atoms with Crippen LogP contribution in [0.3, 0.4) is 0 Å². The predicted molar refractivity (Wildman–Crippen MR) is 288 cm³/mol. The Labute approximate surface area is 443 Å². The number of aryl methyl sites for hydroxylation is 2. The first-order valence-corrected chi connectivity index (χ1v) is 27.0. The van der Waals surface area contributed by atoms with Crippen molar-refractivity contribution in [2.75, 3.05) is 44.2 Å². The molecule has 1 aliphatic carbocycles. The van der Waals surface area contributed by atoms with Crippen LogP contribution in [0.2, 0.25) is 5.02 Å². The number of likely N-dealkylation sites (tertiary alicyclic amines) is 1. The number of thiazole rings is 1. The van der Waals surface area contributed by atoms with Crippen LogP contribution >= 0.6 is 22.9 Å². The molecule has 14 nitrogen and oxygen atoms in total. The van der Waals surface area contributed by atoms with Crippen LogP contribution in [-0.4, -0.2) is 118 Å². The Morgan fingerprint density at radius 1 is 0.946 bits per heavy atom. The number of hydrogen-bond donors (Lipinski definition) is 3. The van der Waals surface area contributed by atoms with Crippen LogP contribution in [0, 0.1) is 35.0 Å². The maximum atomic E-state index is 14.5. The number of amides is 4. The molecule has 1 aromatic heterocycles. The topological polar surface area (TPSA) is 171 Å². The Kier molecular flexibility index (Phi) is 15.3. The molecule has 2 saturated heterocycles. The van der Waals surface area contributed by atoms with Gasteiger partial charge in [0.05, 0.1) is 32.8 Å². The number of aromatic nitrogens is 1. The Morgan fingerprint density at radius 2 is 1.65 bits per heavy atom. The lowest BCUT2D eigenvalue weighted by Gasteiger charge is -2.63. The average molecular weight is 1040 g/mol. The second kappa shape index (κ2) is 21.5.